The Morgan fingerprint density at radius 2 is 1.93 bits per heavy atom. The zero-order chi connectivity index (χ0) is 21.9. The van der Waals surface area contributed by atoms with Gasteiger partial charge in [0, 0.05) is 31.2 Å². The second-order valence-electron chi connectivity index (χ2n) is 9.48. The van der Waals surface area contributed by atoms with Crippen molar-refractivity contribution in [3.8, 4) is 0 Å². The molecule has 0 saturated carbocycles. The van der Waals surface area contributed by atoms with Gasteiger partial charge in [-0.25, -0.2) is 4.79 Å². The first-order valence-electron chi connectivity index (χ1n) is 10.9. The molecule has 7 nitrogen and oxygen atoms in total. The first-order chi connectivity index (χ1) is 14.2. The van der Waals surface area contributed by atoms with E-state index in [4.69, 9.17) is 0 Å². The van der Waals surface area contributed by atoms with Gasteiger partial charge in [-0.15, -0.1) is 0 Å². The lowest BCUT2D eigenvalue weighted by Gasteiger charge is -2.37. The number of nitrogens with one attached hydrogen (secondary N) is 2. The number of hydrogen-bond acceptors (Lipinski definition) is 3. The van der Waals surface area contributed by atoms with E-state index in [1.807, 2.05) is 61.8 Å². The lowest BCUT2D eigenvalue weighted by Crippen LogP contribution is -2.56. The Morgan fingerprint density at radius 1 is 1.20 bits per heavy atom. The van der Waals surface area contributed by atoms with Crippen LogP contribution >= 0.6 is 0 Å². The lowest BCUT2D eigenvalue weighted by molar-refractivity contribution is -0.130. The molecule has 2 N–H and O–H groups in total. The summed E-state index contributed by atoms with van der Waals surface area (Å²) in [4.78, 5) is 41.4. The average molecular weight is 415 g/mol. The summed E-state index contributed by atoms with van der Waals surface area (Å²) in [5, 5.41) is 5.69. The monoisotopic (exact) mass is 414 g/mol. The van der Waals surface area contributed by atoms with E-state index in [0.717, 1.165) is 36.9 Å². The average Bonchev–Trinajstić information content (AvgIpc) is 3.13. The minimum absolute atomic E-state index is 0.00602. The van der Waals surface area contributed by atoms with Crippen molar-refractivity contribution in [2.24, 2.45) is 5.41 Å². The molecule has 3 rings (SSSR count). The molecule has 2 atom stereocenters. The highest BCUT2D eigenvalue weighted by atomic mass is 16.2. The van der Waals surface area contributed by atoms with Crippen molar-refractivity contribution in [1.82, 2.24) is 20.4 Å². The number of carbonyl (C=O) groups excluding carboxylic acids is 3. The Bertz CT molecular complexity index is 802. The number of hydrogen-bond donors (Lipinski definition) is 2. The van der Waals surface area contributed by atoms with E-state index in [2.05, 4.69) is 10.6 Å². The molecular formula is C23H34N4O3. The van der Waals surface area contributed by atoms with Crippen molar-refractivity contribution in [3.63, 3.8) is 0 Å². The van der Waals surface area contributed by atoms with Crippen LogP contribution in [0.4, 0.5) is 4.79 Å². The van der Waals surface area contributed by atoms with Gasteiger partial charge in [-0.1, -0.05) is 39.0 Å². The van der Waals surface area contributed by atoms with Crippen LogP contribution in [0.2, 0.25) is 0 Å². The predicted octanol–water partition coefficient (Wildman–Crippen LogP) is 2.41. The fourth-order valence-electron chi connectivity index (χ4n) is 4.18. The topological polar surface area (TPSA) is 81.8 Å². The number of rotatable bonds is 5. The van der Waals surface area contributed by atoms with E-state index in [-0.39, 0.29) is 41.9 Å². The first-order valence-corrected chi connectivity index (χ1v) is 10.9. The Kier molecular flexibility index (Phi) is 6.68. The van der Waals surface area contributed by atoms with Crippen molar-refractivity contribution in [3.05, 3.63) is 35.4 Å². The molecule has 0 spiro atoms. The van der Waals surface area contributed by atoms with Gasteiger partial charge in [0.2, 0.25) is 5.91 Å². The molecule has 1 aromatic carbocycles. The molecule has 0 bridgehead atoms. The lowest BCUT2D eigenvalue weighted by atomic mass is 9.85. The smallest absolute Gasteiger partial charge is 0.315 e. The van der Waals surface area contributed by atoms with Crippen LogP contribution in [0.5, 0.6) is 0 Å². The Labute approximate surface area is 179 Å². The van der Waals surface area contributed by atoms with E-state index in [0.29, 0.717) is 13.1 Å². The van der Waals surface area contributed by atoms with Crippen LogP contribution in [0.1, 0.15) is 56.5 Å². The van der Waals surface area contributed by atoms with Crippen LogP contribution in [-0.2, 0) is 11.2 Å². The quantitative estimate of drug-likeness (QED) is 0.776. The highest BCUT2D eigenvalue weighted by Crippen LogP contribution is 2.24. The number of carbonyl (C=O) groups is 3. The number of benzene rings is 1. The van der Waals surface area contributed by atoms with Crippen LogP contribution in [0.25, 0.3) is 0 Å². The molecular weight excluding hydrogens is 380 g/mol. The number of fused-ring (bicyclic) bond motifs is 1. The molecule has 0 radical (unpaired) electrons. The highest BCUT2D eigenvalue weighted by molar-refractivity contribution is 5.96. The van der Waals surface area contributed by atoms with Gasteiger partial charge in [0.05, 0.1) is 12.6 Å². The Hall–Kier alpha value is -2.57. The molecule has 0 aliphatic carbocycles. The van der Waals surface area contributed by atoms with Gasteiger partial charge in [-0.05, 0) is 43.2 Å². The molecule has 2 aliphatic rings. The van der Waals surface area contributed by atoms with Crippen molar-refractivity contribution in [2.45, 2.75) is 59.0 Å². The molecule has 2 heterocycles. The molecule has 0 aromatic heterocycles. The standard InChI is InChI=1S/C23H34N4O3/c1-16-8-7-12-27(16)20(28)14-24-22(30)25-19(23(2,3)4)15-26-13-11-17-9-5-6-10-18(17)21(26)29/h5-6,9-10,16,19H,7-8,11-15H2,1-4H3,(H2,24,25,30)/t16-,19?/m1/s1. The molecule has 164 valence electrons. The Balaban J connectivity index is 1.58. The maximum absolute atomic E-state index is 12.9. The molecule has 4 amide bonds. The zero-order valence-corrected chi connectivity index (χ0v) is 18.5. The molecule has 1 fully saturated rings. The summed E-state index contributed by atoms with van der Waals surface area (Å²) < 4.78 is 0. The molecule has 7 heteroatoms. The zero-order valence-electron chi connectivity index (χ0n) is 18.5. The van der Waals surface area contributed by atoms with Crippen LogP contribution in [0.3, 0.4) is 0 Å². The largest absolute Gasteiger partial charge is 0.338 e. The maximum atomic E-state index is 12.9. The van der Waals surface area contributed by atoms with Crippen molar-refractivity contribution in [2.75, 3.05) is 26.2 Å². The van der Waals surface area contributed by atoms with E-state index in [1.165, 1.54) is 0 Å². The number of nitrogens with zero attached hydrogens (tertiary/aromatic N) is 2. The van der Waals surface area contributed by atoms with Gasteiger partial charge >= 0.3 is 6.03 Å². The number of urea groups is 1. The number of likely N-dealkylation sites (tertiary alicyclic amines) is 1. The van der Waals surface area contributed by atoms with Gasteiger partial charge in [-0.2, -0.15) is 0 Å². The fourth-order valence-corrected chi connectivity index (χ4v) is 4.18. The molecule has 1 unspecified atom stereocenters. The summed E-state index contributed by atoms with van der Waals surface area (Å²) in [7, 11) is 0. The van der Waals surface area contributed by atoms with Crippen LogP contribution in [0, 0.1) is 5.41 Å². The minimum atomic E-state index is -0.375. The van der Waals surface area contributed by atoms with Gasteiger partial charge in [0.1, 0.15) is 0 Å². The second kappa shape index (κ2) is 9.06. The van der Waals surface area contributed by atoms with Crippen LogP contribution in [0.15, 0.2) is 24.3 Å². The normalized spacial score (nSPS) is 20.0. The SMILES string of the molecule is C[C@@H]1CCCN1C(=O)CNC(=O)NC(CN1CCc2ccccc2C1=O)C(C)(C)C. The Morgan fingerprint density at radius 3 is 2.60 bits per heavy atom. The van der Waals surface area contributed by atoms with Crippen molar-refractivity contribution >= 4 is 17.8 Å². The van der Waals surface area contributed by atoms with Crippen molar-refractivity contribution < 1.29 is 14.4 Å². The van der Waals surface area contributed by atoms with E-state index < -0.39 is 0 Å². The van der Waals surface area contributed by atoms with Gasteiger partial charge in [0.15, 0.2) is 0 Å². The fraction of sp³-hybridized carbons (Fsp3) is 0.609. The van der Waals surface area contributed by atoms with Gasteiger partial charge in [-0.3, -0.25) is 9.59 Å². The van der Waals surface area contributed by atoms with E-state index in [9.17, 15) is 14.4 Å². The molecule has 2 aliphatic heterocycles. The predicted molar refractivity (Wildman–Crippen MR) is 116 cm³/mol. The summed E-state index contributed by atoms with van der Waals surface area (Å²) in [5.74, 6) is -0.0446. The first kappa shape index (κ1) is 22.1. The van der Waals surface area contributed by atoms with Crippen molar-refractivity contribution in [1.29, 1.82) is 0 Å². The third-order valence-corrected chi connectivity index (χ3v) is 6.21. The highest BCUT2D eigenvalue weighted by Gasteiger charge is 2.33. The van der Waals surface area contributed by atoms with Gasteiger partial charge in [0.25, 0.3) is 5.91 Å². The summed E-state index contributed by atoms with van der Waals surface area (Å²) >= 11 is 0. The summed E-state index contributed by atoms with van der Waals surface area (Å²) in [6, 6.07) is 7.31. The molecule has 30 heavy (non-hydrogen) atoms. The second-order valence-corrected chi connectivity index (χ2v) is 9.48. The van der Waals surface area contributed by atoms with E-state index >= 15 is 0 Å². The number of amides is 4. The minimum Gasteiger partial charge on any atom is -0.338 e. The summed E-state index contributed by atoms with van der Waals surface area (Å²) in [6.07, 6.45) is 2.84. The molecule has 1 saturated heterocycles. The third kappa shape index (κ3) is 5.12. The summed E-state index contributed by atoms with van der Waals surface area (Å²) in [5.41, 5.74) is 1.57. The van der Waals surface area contributed by atoms with Crippen LogP contribution in [-0.4, -0.2) is 65.9 Å². The maximum Gasteiger partial charge on any atom is 0.315 e. The van der Waals surface area contributed by atoms with Gasteiger partial charge < -0.3 is 20.4 Å². The van der Waals surface area contributed by atoms with Crippen LogP contribution < -0.4 is 10.6 Å². The molecule has 1 aromatic rings. The summed E-state index contributed by atoms with van der Waals surface area (Å²) in [6.45, 7) is 9.97. The third-order valence-electron chi connectivity index (χ3n) is 6.21. The van der Waals surface area contributed by atoms with E-state index in [1.54, 1.807) is 0 Å².